The molecular weight excluding hydrogens is 318 g/mol. The summed E-state index contributed by atoms with van der Waals surface area (Å²) in [6.45, 7) is 1.82. The minimum atomic E-state index is -0.458. The van der Waals surface area contributed by atoms with Crippen molar-refractivity contribution in [1.29, 1.82) is 0 Å². The number of carbonyl (C=O) groups excluding carboxylic acids is 1. The zero-order valence-corrected chi connectivity index (χ0v) is 14.4. The number of para-hydroxylation sites is 1. The third-order valence-corrected chi connectivity index (χ3v) is 3.99. The highest BCUT2D eigenvalue weighted by Crippen LogP contribution is 2.28. The van der Waals surface area contributed by atoms with E-state index in [0.29, 0.717) is 17.1 Å². The highest BCUT2D eigenvalue weighted by molar-refractivity contribution is 5.93. The molecule has 1 unspecified atom stereocenters. The summed E-state index contributed by atoms with van der Waals surface area (Å²) in [6.07, 6.45) is 1.29. The number of hydrogen-bond acceptors (Lipinski definition) is 5. The van der Waals surface area contributed by atoms with Gasteiger partial charge in [-0.3, -0.25) is 4.98 Å². The molecule has 0 saturated heterocycles. The number of hydrogen-bond donors (Lipinski definition) is 0. The lowest BCUT2D eigenvalue weighted by Crippen LogP contribution is -2.11. The SMILES string of the molecule is COc1ccc(C(=O)OC(C)c2cnc3ccccc3c2)c(OC)c1. The van der Waals surface area contributed by atoms with Crippen LogP contribution in [0.25, 0.3) is 10.9 Å². The van der Waals surface area contributed by atoms with Crippen LogP contribution in [0.1, 0.15) is 28.9 Å². The number of methoxy groups -OCH3 is 2. The van der Waals surface area contributed by atoms with Gasteiger partial charge in [0.2, 0.25) is 0 Å². The molecule has 0 aliphatic rings. The fraction of sp³-hybridized carbons (Fsp3) is 0.200. The van der Waals surface area contributed by atoms with Crippen molar-refractivity contribution in [3.05, 3.63) is 65.9 Å². The van der Waals surface area contributed by atoms with E-state index in [1.165, 1.54) is 7.11 Å². The van der Waals surface area contributed by atoms with Crippen molar-refractivity contribution >= 4 is 16.9 Å². The minimum Gasteiger partial charge on any atom is -0.497 e. The van der Waals surface area contributed by atoms with Crippen LogP contribution in [0.3, 0.4) is 0 Å². The van der Waals surface area contributed by atoms with Crippen molar-refractivity contribution in [2.45, 2.75) is 13.0 Å². The number of esters is 1. The van der Waals surface area contributed by atoms with Crippen LogP contribution in [0.5, 0.6) is 11.5 Å². The summed E-state index contributed by atoms with van der Waals surface area (Å²) in [5.41, 5.74) is 2.09. The second kappa shape index (κ2) is 7.21. The van der Waals surface area contributed by atoms with Gasteiger partial charge in [0.1, 0.15) is 23.2 Å². The van der Waals surface area contributed by atoms with Crippen LogP contribution in [-0.4, -0.2) is 25.2 Å². The Balaban J connectivity index is 1.82. The maximum absolute atomic E-state index is 12.5. The van der Waals surface area contributed by atoms with E-state index in [1.54, 1.807) is 31.5 Å². The van der Waals surface area contributed by atoms with Gasteiger partial charge in [-0.2, -0.15) is 0 Å². The van der Waals surface area contributed by atoms with Gasteiger partial charge in [0.15, 0.2) is 0 Å². The summed E-state index contributed by atoms with van der Waals surface area (Å²) in [4.78, 5) is 16.9. The van der Waals surface area contributed by atoms with Crippen LogP contribution in [0.4, 0.5) is 0 Å². The summed E-state index contributed by atoms with van der Waals surface area (Å²) in [7, 11) is 3.06. The van der Waals surface area contributed by atoms with Gasteiger partial charge in [-0.25, -0.2) is 4.79 Å². The Morgan fingerprint density at radius 1 is 1.04 bits per heavy atom. The number of fused-ring (bicyclic) bond motifs is 1. The number of benzene rings is 2. The maximum atomic E-state index is 12.5. The van der Waals surface area contributed by atoms with Crippen molar-refractivity contribution in [2.75, 3.05) is 14.2 Å². The zero-order chi connectivity index (χ0) is 17.8. The zero-order valence-electron chi connectivity index (χ0n) is 14.4. The fourth-order valence-electron chi connectivity index (χ4n) is 2.57. The van der Waals surface area contributed by atoms with Crippen LogP contribution >= 0.6 is 0 Å². The van der Waals surface area contributed by atoms with Gasteiger partial charge < -0.3 is 14.2 Å². The molecule has 0 N–H and O–H groups in total. The number of aromatic nitrogens is 1. The molecule has 0 saturated carbocycles. The molecule has 0 amide bonds. The van der Waals surface area contributed by atoms with E-state index in [9.17, 15) is 4.79 Å². The van der Waals surface area contributed by atoms with Gasteiger partial charge in [-0.05, 0) is 31.2 Å². The van der Waals surface area contributed by atoms with Gasteiger partial charge in [0.05, 0.1) is 19.7 Å². The Hall–Kier alpha value is -3.08. The van der Waals surface area contributed by atoms with Crippen LogP contribution < -0.4 is 9.47 Å². The normalized spacial score (nSPS) is 11.8. The Morgan fingerprint density at radius 3 is 2.60 bits per heavy atom. The largest absolute Gasteiger partial charge is 0.497 e. The van der Waals surface area contributed by atoms with E-state index in [0.717, 1.165) is 16.5 Å². The van der Waals surface area contributed by atoms with Crippen molar-refractivity contribution in [3.63, 3.8) is 0 Å². The predicted molar refractivity (Wildman–Crippen MR) is 95.1 cm³/mol. The van der Waals surface area contributed by atoms with Gasteiger partial charge in [0.25, 0.3) is 0 Å². The van der Waals surface area contributed by atoms with E-state index in [1.807, 2.05) is 37.3 Å². The average Bonchev–Trinajstić information content (AvgIpc) is 2.66. The third kappa shape index (κ3) is 3.55. The molecule has 0 fully saturated rings. The van der Waals surface area contributed by atoms with Crippen molar-refractivity contribution in [1.82, 2.24) is 4.98 Å². The van der Waals surface area contributed by atoms with E-state index >= 15 is 0 Å². The van der Waals surface area contributed by atoms with E-state index < -0.39 is 12.1 Å². The monoisotopic (exact) mass is 337 g/mol. The molecule has 1 atom stereocenters. The molecule has 5 heteroatoms. The number of carbonyl (C=O) groups is 1. The van der Waals surface area contributed by atoms with Gasteiger partial charge in [-0.1, -0.05) is 18.2 Å². The second-order valence-corrected chi connectivity index (χ2v) is 5.58. The topological polar surface area (TPSA) is 57.7 Å². The molecule has 0 aliphatic carbocycles. The third-order valence-electron chi connectivity index (χ3n) is 3.99. The lowest BCUT2D eigenvalue weighted by atomic mass is 10.1. The number of rotatable bonds is 5. The van der Waals surface area contributed by atoms with Gasteiger partial charge in [-0.15, -0.1) is 0 Å². The van der Waals surface area contributed by atoms with Crippen molar-refractivity contribution in [3.8, 4) is 11.5 Å². The molecule has 0 radical (unpaired) electrons. The summed E-state index contributed by atoms with van der Waals surface area (Å²) in [5, 5.41) is 1.00. The Bertz CT molecular complexity index is 907. The molecule has 5 nitrogen and oxygen atoms in total. The molecule has 1 aromatic heterocycles. The first-order valence-corrected chi connectivity index (χ1v) is 7.90. The quantitative estimate of drug-likeness (QED) is 0.654. The average molecular weight is 337 g/mol. The van der Waals surface area contributed by atoms with Crippen molar-refractivity contribution in [2.24, 2.45) is 0 Å². The highest BCUT2D eigenvalue weighted by atomic mass is 16.5. The Labute approximate surface area is 146 Å². The minimum absolute atomic E-state index is 0.351. The highest BCUT2D eigenvalue weighted by Gasteiger charge is 2.19. The van der Waals surface area contributed by atoms with Crippen LogP contribution in [0.15, 0.2) is 54.7 Å². The van der Waals surface area contributed by atoms with Crippen molar-refractivity contribution < 1.29 is 19.0 Å². The standard InChI is InChI=1S/C20H19NO4/c1-13(15-10-14-6-4-5-7-18(14)21-12-15)25-20(22)17-9-8-16(23-2)11-19(17)24-3/h4-13H,1-3H3. The fourth-order valence-corrected chi connectivity index (χ4v) is 2.57. The number of nitrogens with zero attached hydrogens (tertiary/aromatic N) is 1. The number of ether oxygens (including phenoxy) is 3. The lowest BCUT2D eigenvalue weighted by Gasteiger charge is -2.15. The predicted octanol–water partition coefficient (Wildman–Crippen LogP) is 4.17. The van der Waals surface area contributed by atoms with Gasteiger partial charge in [0, 0.05) is 23.2 Å². The van der Waals surface area contributed by atoms with Crippen LogP contribution in [0, 0.1) is 0 Å². The summed E-state index contributed by atoms with van der Waals surface area (Å²) < 4.78 is 16.0. The molecule has 0 spiro atoms. The molecule has 0 bridgehead atoms. The second-order valence-electron chi connectivity index (χ2n) is 5.58. The van der Waals surface area contributed by atoms with Crippen LogP contribution in [-0.2, 0) is 4.74 Å². The smallest absolute Gasteiger partial charge is 0.342 e. The first kappa shape index (κ1) is 16.8. The first-order valence-electron chi connectivity index (χ1n) is 7.90. The number of pyridine rings is 1. The summed E-state index contributed by atoms with van der Waals surface area (Å²) in [5.74, 6) is 0.563. The van der Waals surface area contributed by atoms with E-state index in [-0.39, 0.29) is 0 Å². The molecule has 3 rings (SSSR count). The Morgan fingerprint density at radius 2 is 1.84 bits per heavy atom. The Kier molecular flexibility index (Phi) is 4.84. The molecule has 128 valence electrons. The van der Waals surface area contributed by atoms with E-state index in [2.05, 4.69) is 4.98 Å². The molecule has 0 aliphatic heterocycles. The molecule has 25 heavy (non-hydrogen) atoms. The molecule has 2 aromatic carbocycles. The van der Waals surface area contributed by atoms with E-state index in [4.69, 9.17) is 14.2 Å². The molecule has 1 heterocycles. The molecule has 3 aromatic rings. The lowest BCUT2D eigenvalue weighted by molar-refractivity contribution is 0.0334. The van der Waals surface area contributed by atoms with Gasteiger partial charge >= 0.3 is 5.97 Å². The summed E-state index contributed by atoms with van der Waals surface area (Å²) >= 11 is 0. The summed E-state index contributed by atoms with van der Waals surface area (Å²) in [6, 6.07) is 14.8. The molecular formula is C20H19NO4. The van der Waals surface area contributed by atoms with Crippen LogP contribution in [0.2, 0.25) is 0 Å². The first-order chi connectivity index (χ1) is 12.1. The maximum Gasteiger partial charge on any atom is 0.342 e.